The lowest BCUT2D eigenvalue weighted by atomic mass is 9.71. The molecule has 0 amide bonds. The molecule has 7 atom stereocenters. The third-order valence-corrected chi connectivity index (χ3v) is 8.25. The van der Waals surface area contributed by atoms with E-state index in [0.717, 1.165) is 0 Å². The Kier molecular flexibility index (Phi) is 6.62. The third-order valence-electron chi connectivity index (χ3n) is 8.25. The first-order valence-corrected chi connectivity index (χ1v) is 12.8. The van der Waals surface area contributed by atoms with E-state index in [9.17, 15) is 35.1 Å². The smallest absolute Gasteiger partial charge is 0.198 e. The van der Waals surface area contributed by atoms with Crippen molar-refractivity contribution < 1.29 is 44.6 Å². The number of ether oxygens (including phenoxy) is 2. The van der Waals surface area contributed by atoms with Gasteiger partial charge in [-0.2, -0.15) is 0 Å². The largest absolute Gasteiger partial charge is 0.507 e. The highest BCUT2D eigenvalue weighted by Gasteiger charge is 2.51. The molecule has 0 spiro atoms. The second-order valence-electron chi connectivity index (χ2n) is 10.7. The van der Waals surface area contributed by atoms with Crippen molar-refractivity contribution >= 4 is 11.6 Å². The molecular formula is C28H33NO9. The molecule has 1 saturated heterocycles. The maximum Gasteiger partial charge on any atom is 0.198 e. The lowest BCUT2D eigenvalue weighted by molar-refractivity contribution is -0.279. The number of carbonyl (C=O) groups is 2. The number of hydrogen-bond acceptors (Lipinski definition) is 10. The Hall–Kier alpha value is -2.86. The quantitative estimate of drug-likeness (QED) is 0.340. The van der Waals surface area contributed by atoms with Gasteiger partial charge in [0.1, 0.15) is 17.6 Å². The molecule has 0 unspecified atom stereocenters. The van der Waals surface area contributed by atoms with Gasteiger partial charge >= 0.3 is 0 Å². The molecule has 5 rings (SSSR count). The first-order valence-electron chi connectivity index (χ1n) is 12.8. The number of benzene rings is 2. The standard InChI is InChI=1S/C28H33NO9/c1-5-28(36)11-18(31)14-9-15-21(24(33)13-7-6-8-17(30)20(13)25(15)34)26(35)22(14)27(28)38-19-10-16(29(3)4)23(32)12(2)37-19/h6-9,12,16,18-19,23,27,30-32,35-36H,5,10-11H2,1-4H3/t12-,16-,18+,19-,23+,27-,28-/m0/s1. The fourth-order valence-corrected chi connectivity index (χ4v) is 6.03. The van der Waals surface area contributed by atoms with E-state index in [2.05, 4.69) is 0 Å². The molecule has 2 aromatic rings. The summed E-state index contributed by atoms with van der Waals surface area (Å²) in [5, 5.41) is 55.0. The first kappa shape index (κ1) is 26.7. The van der Waals surface area contributed by atoms with Crippen LogP contribution >= 0.6 is 0 Å². The van der Waals surface area contributed by atoms with E-state index in [0.29, 0.717) is 0 Å². The third kappa shape index (κ3) is 3.95. The van der Waals surface area contributed by atoms with Crippen LogP contribution in [0.4, 0.5) is 0 Å². The van der Waals surface area contributed by atoms with Crippen LogP contribution in [-0.2, 0) is 9.47 Å². The number of fused-ring (bicyclic) bond motifs is 3. The second-order valence-corrected chi connectivity index (χ2v) is 10.7. The van der Waals surface area contributed by atoms with Crippen molar-refractivity contribution in [2.24, 2.45) is 0 Å². The zero-order valence-corrected chi connectivity index (χ0v) is 21.7. The van der Waals surface area contributed by atoms with Crippen LogP contribution in [0.2, 0.25) is 0 Å². The van der Waals surface area contributed by atoms with Crippen LogP contribution < -0.4 is 0 Å². The maximum absolute atomic E-state index is 13.5. The van der Waals surface area contributed by atoms with Gasteiger partial charge in [0.2, 0.25) is 0 Å². The van der Waals surface area contributed by atoms with Crippen molar-refractivity contribution in [3.05, 3.63) is 57.6 Å². The molecule has 1 fully saturated rings. The molecule has 10 heteroatoms. The van der Waals surface area contributed by atoms with Gasteiger partial charge in [-0.25, -0.2) is 0 Å². The predicted octanol–water partition coefficient (Wildman–Crippen LogP) is 1.94. The summed E-state index contributed by atoms with van der Waals surface area (Å²) in [6.45, 7) is 3.43. The molecule has 3 aliphatic rings. The van der Waals surface area contributed by atoms with Crippen molar-refractivity contribution in [1.82, 2.24) is 4.90 Å². The summed E-state index contributed by atoms with van der Waals surface area (Å²) in [4.78, 5) is 28.7. The average Bonchev–Trinajstić information content (AvgIpc) is 2.86. The van der Waals surface area contributed by atoms with Crippen LogP contribution in [0.1, 0.15) is 88.3 Å². The van der Waals surface area contributed by atoms with Gasteiger partial charge in [-0.05, 0) is 45.1 Å². The molecule has 2 aliphatic carbocycles. The van der Waals surface area contributed by atoms with Gasteiger partial charge in [0.15, 0.2) is 17.9 Å². The minimum absolute atomic E-state index is 0.0142. The van der Waals surface area contributed by atoms with E-state index in [1.165, 1.54) is 24.3 Å². The highest BCUT2D eigenvalue weighted by molar-refractivity contribution is 6.30. The van der Waals surface area contributed by atoms with Crippen molar-refractivity contribution in [1.29, 1.82) is 0 Å². The number of likely N-dealkylation sites (N-methyl/N-ethyl adjacent to an activating group) is 1. The van der Waals surface area contributed by atoms with E-state index < -0.39 is 53.6 Å². The summed E-state index contributed by atoms with van der Waals surface area (Å²) in [5.74, 6) is -2.23. The molecule has 5 N–H and O–H groups in total. The first-order chi connectivity index (χ1) is 17.9. The van der Waals surface area contributed by atoms with Gasteiger partial charge in [-0.1, -0.05) is 19.1 Å². The Morgan fingerprint density at radius 1 is 1.11 bits per heavy atom. The normalized spacial score (nSPS) is 32.6. The Labute approximate surface area is 220 Å². The fourth-order valence-electron chi connectivity index (χ4n) is 6.03. The fraction of sp³-hybridized carbons (Fsp3) is 0.500. The van der Waals surface area contributed by atoms with Gasteiger partial charge < -0.3 is 39.9 Å². The Balaban J connectivity index is 1.64. The Morgan fingerprint density at radius 3 is 2.45 bits per heavy atom. The van der Waals surface area contributed by atoms with Crippen molar-refractivity contribution in [3.8, 4) is 11.5 Å². The Morgan fingerprint density at radius 2 is 1.79 bits per heavy atom. The number of phenols is 2. The summed E-state index contributed by atoms with van der Waals surface area (Å²) in [6.07, 6.45) is -4.43. The average molecular weight is 528 g/mol. The number of nitrogens with zero attached hydrogens (tertiary/aromatic N) is 1. The van der Waals surface area contributed by atoms with Gasteiger partial charge in [-0.15, -0.1) is 0 Å². The number of aliphatic hydroxyl groups excluding tert-OH is 2. The molecule has 10 nitrogen and oxygen atoms in total. The zero-order chi connectivity index (χ0) is 27.7. The van der Waals surface area contributed by atoms with E-state index in [-0.39, 0.29) is 64.4 Å². The monoisotopic (exact) mass is 527 g/mol. The number of rotatable bonds is 4. The van der Waals surface area contributed by atoms with Crippen LogP contribution in [0.15, 0.2) is 24.3 Å². The van der Waals surface area contributed by atoms with Crippen molar-refractivity contribution in [3.63, 3.8) is 0 Å². The molecule has 0 radical (unpaired) electrons. The molecule has 0 saturated carbocycles. The molecule has 0 aromatic heterocycles. The number of ketones is 2. The number of aromatic hydroxyl groups is 2. The van der Waals surface area contributed by atoms with Crippen molar-refractivity contribution in [2.75, 3.05) is 14.1 Å². The SMILES string of the molecule is CC[C@]1(O)C[C@@H](O)c2cc3c(c(O)c2[C@@H]1O[C@H]1C[C@H](N(C)C)[C@H](O)[C@H](C)O1)C(=O)c1cccc(O)c1C3=O. The zero-order valence-electron chi connectivity index (χ0n) is 21.7. The van der Waals surface area contributed by atoms with Crippen LogP contribution in [0.5, 0.6) is 11.5 Å². The summed E-state index contributed by atoms with van der Waals surface area (Å²) in [7, 11) is 3.65. The molecule has 204 valence electrons. The number of phenolic OH excluding ortho intramolecular Hbond substituents is 2. The van der Waals surface area contributed by atoms with Crippen LogP contribution in [0.3, 0.4) is 0 Å². The summed E-state index contributed by atoms with van der Waals surface area (Å²) >= 11 is 0. The molecular weight excluding hydrogens is 494 g/mol. The van der Waals surface area contributed by atoms with Crippen LogP contribution in [0, 0.1) is 0 Å². The van der Waals surface area contributed by atoms with E-state index >= 15 is 0 Å². The topological polar surface area (TPSA) is 157 Å². The molecule has 0 bridgehead atoms. The molecule has 2 aromatic carbocycles. The van der Waals surface area contributed by atoms with Gasteiger partial charge in [-0.3, -0.25) is 9.59 Å². The summed E-state index contributed by atoms with van der Waals surface area (Å²) in [6, 6.07) is 5.17. The minimum Gasteiger partial charge on any atom is -0.507 e. The summed E-state index contributed by atoms with van der Waals surface area (Å²) < 4.78 is 12.2. The predicted molar refractivity (Wildman–Crippen MR) is 134 cm³/mol. The van der Waals surface area contributed by atoms with Gasteiger partial charge in [0.25, 0.3) is 0 Å². The number of carbonyl (C=O) groups excluding carboxylic acids is 2. The highest BCUT2D eigenvalue weighted by Crippen LogP contribution is 2.53. The molecule has 1 heterocycles. The van der Waals surface area contributed by atoms with E-state index in [4.69, 9.17) is 9.47 Å². The molecule has 1 aliphatic heterocycles. The van der Waals surface area contributed by atoms with Crippen LogP contribution in [-0.4, -0.2) is 86.2 Å². The van der Waals surface area contributed by atoms with Crippen LogP contribution in [0.25, 0.3) is 0 Å². The minimum atomic E-state index is -1.63. The lowest BCUT2D eigenvalue weighted by Gasteiger charge is -2.47. The van der Waals surface area contributed by atoms with Gasteiger partial charge in [0, 0.05) is 35.6 Å². The number of hydrogen-bond donors (Lipinski definition) is 5. The lowest BCUT2D eigenvalue weighted by Crippen LogP contribution is -2.54. The molecule has 38 heavy (non-hydrogen) atoms. The highest BCUT2D eigenvalue weighted by atomic mass is 16.7. The Bertz CT molecular complexity index is 1310. The van der Waals surface area contributed by atoms with E-state index in [1.54, 1.807) is 13.8 Å². The maximum atomic E-state index is 13.5. The van der Waals surface area contributed by atoms with Crippen molar-refractivity contribution in [2.45, 2.75) is 75.5 Å². The second kappa shape index (κ2) is 9.41. The summed E-state index contributed by atoms with van der Waals surface area (Å²) in [5.41, 5.74) is -2.09. The van der Waals surface area contributed by atoms with Gasteiger partial charge in [0.05, 0.1) is 35.0 Å². The number of aliphatic hydroxyl groups is 3. The van der Waals surface area contributed by atoms with E-state index in [1.807, 2.05) is 19.0 Å².